The minimum Gasteiger partial charge on any atom is -0.340 e. The van der Waals surface area contributed by atoms with Crippen LogP contribution in [0.2, 0.25) is 0 Å². The van der Waals surface area contributed by atoms with E-state index in [0.717, 1.165) is 68.0 Å². The van der Waals surface area contributed by atoms with E-state index in [0.29, 0.717) is 6.04 Å². The molecule has 28 heavy (non-hydrogen) atoms. The highest BCUT2D eigenvalue weighted by atomic mass is 32.1. The van der Waals surface area contributed by atoms with E-state index in [4.69, 9.17) is 4.98 Å². The quantitative estimate of drug-likeness (QED) is 0.715. The Morgan fingerprint density at radius 1 is 0.929 bits per heavy atom. The molecule has 2 aliphatic carbocycles. The molecule has 3 heterocycles. The van der Waals surface area contributed by atoms with Gasteiger partial charge in [0.15, 0.2) is 0 Å². The minimum atomic E-state index is 0.255. The molecule has 0 aromatic carbocycles. The summed E-state index contributed by atoms with van der Waals surface area (Å²) in [5.74, 6) is 0.953. The first kappa shape index (κ1) is 18.6. The van der Waals surface area contributed by atoms with E-state index in [1.807, 2.05) is 0 Å². The van der Waals surface area contributed by atoms with Crippen LogP contribution >= 0.6 is 11.3 Å². The van der Waals surface area contributed by atoms with Crippen molar-refractivity contribution in [2.24, 2.45) is 0 Å². The van der Waals surface area contributed by atoms with Gasteiger partial charge in [0.25, 0.3) is 5.56 Å². The molecule has 152 valence electrons. The largest absolute Gasteiger partial charge is 0.340 e. The van der Waals surface area contributed by atoms with Crippen LogP contribution in [0.1, 0.15) is 67.8 Å². The van der Waals surface area contributed by atoms with Gasteiger partial charge in [-0.15, -0.1) is 11.3 Å². The number of rotatable bonds is 2. The van der Waals surface area contributed by atoms with Crippen LogP contribution in [0.4, 0.5) is 5.95 Å². The Balaban J connectivity index is 1.67. The van der Waals surface area contributed by atoms with Gasteiger partial charge in [0, 0.05) is 37.1 Å². The topological polar surface area (TPSA) is 41.4 Å². The molecule has 0 radical (unpaired) electrons. The molecule has 6 heteroatoms. The van der Waals surface area contributed by atoms with E-state index in [2.05, 4.69) is 21.4 Å². The molecule has 0 unspecified atom stereocenters. The Bertz CT molecular complexity index is 903. The molecule has 0 atom stereocenters. The van der Waals surface area contributed by atoms with E-state index in [1.54, 1.807) is 11.3 Å². The molecule has 1 saturated carbocycles. The molecule has 3 aliphatic rings. The van der Waals surface area contributed by atoms with E-state index in [-0.39, 0.29) is 5.56 Å². The number of thiophene rings is 1. The lowest BCUT2D eigenvalue weighted by atomic mass is 9.95. The number of nitrogens with zero attached hydrogens (tertiary/aromatic N) is 4. The number of fused-ring (bicyclic) bond motifs is 3. The van der Waals surface area contributed by atoms with Crippen LogP contribution in [0.25, 0.3) is 10.2 Å². The summed E-state index contributed by atoms with van der Waals surface area (Å²) in [6.07, 6.45) is 12.0. The molecule has 0 spiro atoms. The number of anilines is 1. The summed E-state index contributed by atoms with van der Waals surface area (Å²) in [6.45, 7) is 4.01. The average Bonchev–Trinajstić information content (AvgIpc) is 2.91. The Morgan fingerprint density at radius 3 is 2.43 bits per heavy atom. The maximum absolute atomic E-state index is 13.9. The van der Waals surface area contributed by atoms with Crippen molar-refractivity contribution in [3.63, 3.8) is 0 Å². The summed E-state index contributed by atoms with van der Waals surface area (Å²) in [5.41, 5.74) is 1.59. The Kier molecular flexibility index (Phi) is 5.18. The first-order valence-corrected chi connectivity index (χ1v) is 12.0. The normalized spacial score (nSPS) is 22.4. The van der Waals surface area contributed by atoms with Crippen molar-refractivity contribution in [1.29, 1.82) is 0 Å². The lowest BCUT2D eigenvalue weighted by molar-refractivity contribution is 0.302. The van der Waals surface area contributed by atoms with Gasteiger partial charge in [0.05, 0.1) is 5.39 Å². The van der Waals surface area contributed by atoms with E-state index in [9.17, 15) is 4.79 Å². The SMILES string of the molecule is CN1CCN(c2nc3sc4c(c3c(=O)n2C2CCCCC2)CCCCC4)CC1. The van der Waals surface area contributed by atoms with Crippen LogP contribution in [0, 0.1) is 0 Å². The Hall–Kier alpha value is -1.40. The van der Waals surface area contributed by atoms with Gasteiger partial charge in [-0.25, -0.2) is 4.98 Å². The van der Waals surface area contributed by atoms with Crippen molar-refractivity contribution in [2.45, 2.75) is 70.3 Å². The third-order valence-corrected chi connectivity index (χ3v) is 8.16. The fourth-order valence-corrected chi connectivity index (χ4v) is 6.53. The standard InChI is InChI=1S/C22H32N4OS/c1-24-12-14-25(15-13-24)22-23-20-19(17-10-6-3-7-11-18(17)28-20)21(27)26(22)16-8-4-2-5-9-16/h16H,2-15H2,1H3. The molecule has 2 aromatic rings. The number of piperazine rings is 1. The van der Waals surface area contributed by atoms with Crippen LogP contribution in [-0.2, 0) is 12.8 Å². The predicted octanol–water partition coefficient (Wildman–Crippen LogP) is 3.98. The van der Waals surface area contributed by atoms with Gasteiger partial charge in [-0.05, 0) is 51.1 Å². The molecule has 5 rings (SSSR count). The van der Waals surface area contributed by atoms with E-state index < -0.39 is 0 Å². The van der Waals surface area contributed by atoms with E-state index >= 15 is 0 Å². The van der Waals surface area contributed by atoms with Gasteiger partial charge < -0.3 is 9.80 Å². The van der Waals surface area contributed by atoms with Crippen molar-refractivity contribution >= 4 is 27.5 Å². The van der Waals surface area contributed by atoms with E-state index in [1.165, 1.54) is 49.0 Å². The van der Waals surface area contributed by atoms with Crippen LogP contribution in [-0.4, -0.2) is 47.7 Å². The summed E-state index contributed by atoms with van der Waals surface area (Å²) in [7, 11) is 2.18. The molecule has 1 saturated heterocycles. The zero-order valence-corrected chi connectivity index (χ0v) is 17.9. The third kappa shape index (κ3) is 3.28. The van der Waals surface area contributed by atoms with Crippen LogP contribution in [0.3, 0.4) is 0 Å². The molecule has 2 aromatic heterocycles. The van der Waals surface area contributed by atoms with Gasteiger partial charge in [-0.2, -0.15) is 0 Å². The smallest absolute Gasteiger partial charge is 0.264 e. The lowest BCUT2D eigenvalue weighted by Crippen LogP contribution is -2.47. The van der Waals surface area contributed by atoms with Crippen molar-refractivity contribution in [3.8, 4) is 0 Å². The maximum atomic E-state index is 13.9. The number of hydrogen-bond acceptors (Lipinski definition) is 5. The third-order valence-electron chi connectivity index (χ3n) is 6.98. The summed E-state index contributed by atoms with van der Waals surface area (Å²) < 4.78 is 2.13. The minimum absolute atomic E-state index is 0.255. The molecule has 2 fully saturated rings. The first-order chi connectivity index (χ1) is 13.7. The highest BCUT2D eigenvalue weighted by molar-refractivity contribution is 7.18. The second-order valence-corrected chi connectivity index (χ2v) is 10.00. The Morgan fingerprint density at radius 2 is 1.64 bits per heavy atom. The van der Waals surface area contributed by atoms with Crippen molar-refractivity contribution < 1.29 is 0 Å². The van der Waals surface area contributed by atoms with Gasteiger partial charge >= 0.3 is 0 Å². The average molecular weight is 401 g/mol. The maximum Gasteiger partial charge on any atom is 0.264 e. The highest BCUT2D eigenvalue weighted by Crippen LogP contribution is 2.36. The van der Waals surface area contributed by atoms with Crippen LogP contribution in [0.5, 0.6) is 0 Å². The van der Waals surface area contributed by atoms with Crippen molar-refractivity contribution in [3.05, 3.63) is 20.8 Å². The molecule has 0 bridgehead atoms. The molecular weight excluding hydrogens is 368 g/mol. The number of aromatic nitrogens is 2. The number of aryl methyl sites for hydroxylation is 2. The molecule has 0 N–H and O–H groups in total. The fraction of sp³-hybridized carbons (Fsp3) is 0.727. The molecule has 5 nitrogen and oxygen atoms in total. The predicted molar refractivity (Wildman–Crippen MR) is 117 cm³/mol. The van der Waals surface area contributed by atoms with Gasteiger partial charge in [0.2, 0.25) is 5.95 Å². The summed E-state index contributed by atoms with van der Waals surface area (Å²) in [4.78, 5) is 26.3. The summed E-state index contributed by atoms with van der Waals surface area (Å²) >= 11 is 1.80. The van der Waals surface area contributed by atoms with Crippen molar-refractivity contribution in [2.75, 3.05) is 38.1 Å². The van der Waals surface area contributed by atoms with Crippen LogP contribution in [0.15, 0.2) is 4.79 Å². The second-order valence-electron chi connectivity index (χ2n) is 8.91. The molecule has 1 aliphatic heterocycles. The molecular formula is C22H32N4OS. The monoisotopic (exact) mass is 400 g/mol. The number of likely N-dealkylation sites (N-methyl/N-ethyl adjacent to an activating group) is 1. The second kappa shape index (κ2) is 7.79. The lowest BCUT2D eigenvalue weighted by Gasteiger charge is -2.36. The molecule has 0 amide bonds. The van der Waals surface area contributed by atoms with Gasteiger partial charge in [-0.3, -0.25) is 9.36 Å². The zero-order valence-electron chi connectivity index (χ0n) is 17.1. The highest BCUT2D eigenvalue weighted by Gasteiger charge is 2.28. The number of hydrogen-bond donors (Lipinski definition) is 0. The Labute approximate surface area is 171 Å². The zero-order chi connectivity index (χ0) is 19.1. The van der Waals surface area contributed by atoms with Gasteiger partial charge in [0.1, 0.15) is 4.83 Å². The summed E-state index contributed by atoms with van der Waals surface area (Å²) in [5, 5.41) is 0.963. The fourth-order valence-electron chi connectivity index (χ4n) is 5.28. The van der Waals surface area contributed by atoms with Gasteiger partial charge in [-0.1, -0.05) is 25.7 Å². The van der Waals surface area contributed by atoms with Crippen molar-refractivity contribution in [1.82, 2.24) is 14.5 Å². The van der Waals surface area contributed by atoms with Crippen LogP contribution < -0.4 is 10.5 Å². The first-order valence-electron chi connectivity index (χ1n) is 11.2. The summed E-state index contributed by atoms with van der Waals surface area (Å²) in [6, 6.07) is 0.328.